The summed E-state index contributed by atoms with van der Waals surface area (Å²) in [6.45, 7) is 0. The van der Waals surface area contributed by atoms with Crippen molar-refractivity contribution < 1.29 is 0 Å². The van der Waals surface area contributed by atoms with Gasteiger partial charge in [-0.05, 0) is 111 Å². The van der Waals surface area contributed by atoms with Crippen LogP contribution in [0.3, 0.4) is 0 Å². The fourth-order valence-electron chi connectivity index (χ4n) is 5.02. The minimum atomic E-state index is 1.11. The molecule has 0 spiro atoms. The van der Waals surface area contributed by atoms with E-state index in [0.29, 0.717) is 0 Å². The van der Waals surface area contributed by atoms with Gasteiger partial charge in [0.15, 0.2) is 0 Å². The highest BCUT2D eigenvalue weighted by molar-refractivity contribution is 5.60. The Morgan fingerprint density at radius 3 is 1.54 bits per heavy atom. The number of hydrogen-bond donors (Lipinski definition) is 0. The van der Waals surface area contributed by atoms with Gasteiger partial charge in [-0.15, -0.1) is 0 Å². The van der Waals surface area contributed by atoms with Crippen LogP contribution in [0.1, 0.15) is 72.2 Å². The first-order valence-corrected chi connectivity index (χ1v) is 10.6. The van der Waals surface area contributed by atoms with Crippen LogP contribution < -0.4 is 0 Å². The zero-order valence-corrected chi connectivity index (χ0v) is 15.7. The number of rotatable bonds is 0. The van der Waals surface area contributed by atoms with Crippen molar-refractivity contribution in [3.63, 3.8) is 0 Å². The summed E-state index contributed by atoms with van der Waals surface area (Å²) in [5.41, 5.74) is 11.1. The van der Waals surface area contributed by atoms with E-state index in [2.05, 4.69) is 24.3 Å². The van der Waals surface area contributed by atoms with Gasteiger partial charge in [0, 0.05) is 11.4 Å². The van der Waals surface area contributed by atoms with Gasteiger partial charge >= 0.3 is 0 Å². The third-order valence-corrected chi connectivity index (χ3v) is 6.35. The number of pyridine rings is 2. The molecule has 4 bridgehead atoms. The maximum atomic E-state index is 5.14. The Balaban J connectivity index is 1.64. The van der Waals surface area contributed by atoms with E-state index in [0.717, 1.165) is 24.2 Å². The molecule has 2 heteroatoms. The summed E-state index contributed by atoms with van der Waals surface area (Å²) in [5, 5.41) is 0. The van der Waals surface area contributed by atoms with Gasteiger partial charge in [-0.1, -0.05) is 12.2 Å². The summed E-state index contributed by atoms with van der Waals surface area (Å²) in [7, 11) is 0. The normalized spacial score (nSPS) is 20.3. The molecular formula is C24H28N2. The van der Waals surface area contributed by atoms with Gasteiger partial charge < -0.3 is 0 Å². The van der Waals surface area contributed by atoms with Gasteiger partial charge in [0.25, 0.3) is 0 Å². The van der Waals surface area contributed by atoms with Crippen LogP contribution in [-0.2, 0) is 38.5 Å². The Bertz CT molecular complexity index is 791. The molecule has 0 aromatic carbocycles. The lowest BCUT2D eigenvalue weighted by Crippen LogP contribution is -2.04. The van der Waals surface area contributed by atoms with Crippen molar-refractivity contribution in [3.05, 3.63) is 57.9 Å². The Hall–Kier alpha value is -1.96. The highest BCUT2D eigenvalue weighted by Crippen LogP contribution is 2.33. The van der Waals surface area contributed by atoms with Crippen molar-refractivity contribution in [1.82, 2.24) is 9.97 Å². The molecule has 2 aromatic rings. The molecule has 26 heavy (non-hydrogen) atoms. The van der Waals surface area contributed by atoms with Crippen molar-refractivity contribution in [1.29, 1.82) is 0 Å². The molecule has 5 rings (SSSR count). The number of aromatic nitrogens is 2. The molecule has 3 heterocycles. The second-order valence-electron chi connectivity index (χ2n) is 8.15. The maximum Gasteiger partial charge on any atom is 0.0892 e. The largest absolute Gasteiger partial charge is 0.251 e. The van der Waals surface area contributed by atoms with Gasteiger partial charge in [-0.3, -0.25) is 9.97 Å². The standard InChI is InChI=1S/C24H28N2/c1-2-4-6-14-22-20-12-8-10-18(20)16-24(26-22)23-15-17-9-7-11-19(17)21(25-23)13-5-3-1/h1-2,15-16H,3-14H2/b2-1-. The lowest BCUT2D eigenvalue weighted by atomic mass is 9.99. The number of aryl methyl sites for hydroxylation is 4. The molecule has 2 aliphatic carbocycles. The molecule has 0 radical (unpaired) electrons. The van der Waals surface area contributed by atoms with Crippen LogP contribution in [0, 0.1) is 0 Å². The fourth-order valence-corrected chi connectivity index (χ4v) is 5.02. The average molecular weight is 345 g/mol. The Kier molecular flexibility index (Phi) is 4.36. The van der Waals surface area contributed by atoms with E-state index in [1.54, 1.807) is 11.1 Å². The van der Waals surface area contributed by atoms with Crippen LogP contribution in [0.2, 0.25) is 0 Å². The predicted octanol–water partition coefficient (Wildman–Crippen LogP) is 5.34. The predicted molar refractivity (Wildman–Crippen MR) is 107 cm³/mol. The molecule has 0 saturated carbocycles. The highest BCUT2D eigenvalue weighted by Gasteiger charge is 2.21. The summed E-state index contributed by atoms with van der Waals surface area (Å²) in [6.07, 6.45) is 19.2. The Morgan fingerprint density at radius 1 is 0.538 bits per heavy atom. The second kappa shape index (κ2) is 6.98. The van der Waals surface area contributed by atoms with Crippen LogP contribution in [0.15, 0.2) is 24.3 Å². The van der Waals surface area contributed by atoms with Crippen molar-refractivity contribution in [3.8, 4) is 11.4 Å². The van der Waals surface area contributed by atoms with Crippen LogP contribution in [-0.4, -0.2) is 9.97 Å². The van der Waals surface area contributed by atoms with Gasteiger partial charge in [0.1, 0.15) is 0 Å². The van der Waals surface area contributed by atoms with E-state index >= 15 is 0 Å². The molecule has 2 aromatic heterocycles. The third kappa shape index (κ3) is 3.00. The van der Waals surface area contributed by atoms with E-state index in [-0.39, 0.29) is 0 Å². The topological polar surface area (TPSA) is 25.8 Å². The first kappa shape index (κ1) is 16.2. The molecule has 0 unspecified atom stereocenters. The first-order chi connectivity index (χ1) is 12.9. The number of nitrogens with zero attached hydrogens (tertiary/aromatic N) is 2. The lowest BCUT2D eigenvalue weighted by Gasteiger charge is -2.14. The van der Waals surface area contributed by atoms with Crippen molar-refractivity contribution in [2.24, 2.45) is 0 Å². The Labute approximate surface area is 156 Å². The zero-order valence-electron chi connectivity index (χ0n) is 15.7. The molecule has 3 aliphatic rings. The quantitative estimate of drug-likeness (QED) is 0.603. The van der Waals surface area contributed by atoms with E-state index in [1.807, 2.05) is 0 Å². The summed E-state index contributed by atoms with van der Waals surface area (Å²) in [5.74, 6) is 0. The molecule has 0 atom stereocenters. The van der Waals surface area contributed by atoms with Crippen LogP contribution in [0.25, 0.3) is 11.4 Å². The van der Waals surface area contributed by atoms with E-state index in [4.69, 9.17) is 9.97 Å². The molecule has 0 N–H and O–H groups in total. The average Bonchev–Trinajstić information content (AvgIpc) is 3.31. The molecule has 0 fully saturated rings. The molecule has 1 aliphatic heterocycles. The van der Waals surface area contributed by atoms with Gasteiger partial charge in [0.2, 0.25) is 0 Å². The summed E-state index contributed by atoms with van der Waals surface area (Å²) in [6, 6.07) is 4.70. The molecule has 134 valence electrons. The smallest absolute Gasteiger partial charge is 0.0892 e. The molecule has 0 saturated heterocycles. The molecule has 0 amide bonds. The monoisotopic (exact) mass is 344 g/mol. The minimum Gasteiger partial charge on any atom is -0.251 e. The first-order valence-electron chi connectivity index (χ1n) is 10.6. The fraction of sp³-hybridized carbons (Fsp3) is 0.500. The number of fused-ring (bicyclic) bond motifs is 9. The van der Waals surface area contributed by atoms with Gasteiger partial charge in [-0.25, -0.2) is 0 Å². The van der Waals surface area contributed by atoms with E-state index in [9.17, 15) is 0 Å². The van der Waals surface area contributed by atoms with Crippen molar-refractivity contribution in [2.75, 3.05) is 0 Å². The van der Waals surface area contributed by atoms with Crippen LogP contribution >= 0.6 is 0 Å². The van der Waals surface area contributed by atoms with Crippen LogP contribution in [0.5, 0.6) is 0 Å². The van der Waals surface area contributed by atoms with Gasteiger partial charge in [-0.2, -0.15) is 0 Å². The summed E-state index contributed by atoms with van der Waals surface area (Å²) >= 11 is 0. The number of hydrogen-bond acceptors (Lipinski definition) is 2. The summed E-state index contributed by atoms with van der Waals surface area (Å²) in [4.78, 5) is 10.3. The lowest BCUT2D eigenvalue weighted by molar-refractivity contribution is 0.780. The molecule has 2 nitrogen and oxygen atoms in total. The highest BCUT2D eigenvalue weighted by atomic mass is 14.8. The van der Waals surface area contributed by atoms with Crippen molar-refractivity contribution >= 4 is 0 Å². The molecular weight excluding hydrogens is 316 g/mol. The summed E-state index contributed by atoms with van der Waals surface area (Å²) < 4.78 is 0. The van der Waals surface area contributed by atoms with Gasteiger partial charge in [0.05, 0.1) is 11.4 Å². The van der Waals surface area contributed by atoms with E-state index in [1.165, 1.54) is 86.7 Å². The maximum absolute atomic E-state index is 5.14. The zero-order chi connectivity index (χ0) is 17.3. The SMILES string of the molecule is C1=C\CCCc2nc(cc3c2CCC3)-c2cc3c(c(n2)CCC/1)CCC3. The van der Waals surface area contributed by atoms with Crippen molar-refractivity contribution in [2.45, 2.75) is 77.0 Å². The van der Waals surface area contributed by atoms with Crippen LogP contribution in [0.4, 0.5) is 0 Å². The third-order valence-electron chi connectivity index (χ3n) is 6.35. The van der Waals surface area contributed by atoms with E-state index < -0.39 is 0 Å². The minimum absolute atomic E-state index is 1.11. The second-order valence-corrected chi connectivity index (χ2v) is 8.15. The Morgan fingerprint density at radius 2 is 1.04 bits per heavy atom. The number of allylic oxidation sites excluding steroid dienone is 2.